The van der Waals surface area contributed by atoms with Crippen LogP contribution in [0.3, 0.4) is 0 Å². The van der Waals surface area contributed by atoms with Gasteiger partial charge >= 0.3 is 0 Å². The van der Waals surface area contributed by atoms with Crippen LogP contribution >= 0.6 is 0 Å². The van der Waals surface area contributed by atoms with Crippen molar-refractivity contribution in [3.63, 3.8) is 0 Å². The fourth-order valence-electron chi connectivity index (χ4n) is 4.08. The average molecular weight is 409 g/mol. The molecule has 1 fully saturated rings. The lowest BCUT2D eigenvalue weighted by molar-refractivity contribution is -0.138. The fourth-order valence-corrected chi connectivity index (χ4v) is 4.08. The molecule has 30 heavy (non-hydrogen) atoms. The van der Waals surface area contributed by atoms with E-state index in [4.69, 9.17) is 0 Å². The first-order chi connectivity index (χ1) is 14.5. The standard InChI is InChI=1S/C25H36N4O/c1-5-28(20-22-13-11-21(12-14-22)19-26(2)3)25(30)24(23-9-7-6-8-10-23)29-17-15-27(4)16-18-29/h6-14,24H,5,15-20H2,1-4H3. The maximum atomic E-state index is 13.7. The van der Waals surface area contributed by atoms with Gasteiger partial charge in [-0.1, -0.05) is 54.6 Å². The maximum absolute atomic E-state index is 13.7. The molecule has 5 heteroatoms. The zero-order valence-corrected chi connectivity index (χ0v) is 18.9. The summed E-state index contributed by atoms with van der Waals surface area (Å²) in [6, 6.07) is 18.7. The minimum atomic E-state index is -0.215. The third kappa shape index (κ3) is 5.91. The van der Waals surface area contributed by atoms with E-state index in [1.807, 2.05) is 23.1 Å². The monoisotopic (exact) mass is 408 g/mol. The Hall–Kier alpha value is -2.21. The summed E-state index contributed by atoms with van der Waals surface area (Å²) in [5.74, 6) is 0.200. The Morgan fingerprint density at radius 2 is 1.47 bits per heavy atom. The summed E-state index contributed by atoms with van der Waals surface area (Å²) in [5, 5.41) is 0. The first kappa shape index (κ1) is 22.5. The molecule has 0 aromatic heterocycles. The van der Waals surface area contributed by atoms with Crippen molar-refractivity contribution >= 4 is 5.91 Å². The summed E-state index contributed by atoms with van der Waals surface area (Å²) in [6.45, 7) is 8.17. The molecule has 1 atom stereocenters. The van der Waals surface area contributed by atoms with Crippen molar-refractivity contribution < 1.29 is 4.79 Å². The van der Waals surface area contributed by atoms with Crippen molar-refractivity contribution in [2.75, 3.05) is 53.9 Å². The van der Waals surface area contributed by atoms with E-state index in [0.717, 1.165) is 38.3 Å². The van der Waals surface area contributed by atoms with Crippen LogP contribution in [-0.4, -0.2) is 79.4 Å². The van der Waals surface area contributed by atoms with Crippen molar-refractivity contribution in [2.45, 2.75) is 26.1 Å². The summed E-state index contributed by atoms with van der Waals surface area (Å²) in [6.07, 6.45) is 0. The van der Waals surface area contributed by atoms with E-state index in [2.05, 4.69) is 79.2 Å². The van der Waals surface area contributed by atoms with Crippen LogP contribution in [0.15, 0.2) is 54.6 Å². The van der Waals surface area contributed by atoms with Crippen molar-refractivity contribution in [2.24, 2.45) is 0 Å². The van der Waals surface area contributed by atoms with Crippen LogP contribution in [0.2, 0.25) is 0 Å². The molecule has 162 valence electrons. The highest BCUT2D eigenvalue weighted by Crippen LogP contribution is 2.25. The number of carbonyl (C=O) groups excluding carboxylic acids is 1. The Bertz CT molecular complexity index is 783. The van der Waals surface area contributed by atoms with Gasteiger partial charge in [0.05, 0.1) is 0 Å². The second kappa shape index (κ2) is 10.7. The van der Waals surface area contributed by atoms with Crippen LogP contribution in [0.4, 0.5) is 0 Å². The predicted molar refractivity (Wildman–Crippen MR) is 123 cm³/mol. The molecule has 3 rings (SSSR count). The number of hydrogen-bond acceptors (Lipinski definition) is 4. The second-order valence-electron chi connectivity index (χ2n) is 8.56. The lowest BCUT2D eigenvalue weighted by atomic mass is 10.0. The largest absolute Gasteiger partial charge is 0.337 e. The van der Waals surface area contributed by atoms with Gasteiger partial charge < -0.3 is 14.7 Å². The first-order valence-electron chi connectivity index (χ1n) is 11.0. The minimum Gasteiger partial charge on any atom is -0.337 e. The van der Waals surface area contributed by atoms with Crippen molar-refractivity contribution in [1.29, 1.82) is 0 Å². The summed E-state index contributed by atoms with van der Waals surface area (Å²) < 4.78 is 0. The van der Waals surface area contributed by atoms with Crippen LogP contribution < -0.4 is 0 Å². The molecule has 0 spiro atoms. The van der Waals surface area contributed by atoms with Gasteiger partial charge in [-0.25, -0.2) is 0 Å². The van der Waals surface area contributed by atoms with E-state index >= 15 is 0 Å². The van der Waals surface area contributed by atoms with Gasteiger partial charge in [0.1, 0.15) is 6.04 Å². The molecular formula is C25H36N4O. The fraction of sp³-hybridized carbons (Fsp3) is 0.480. The number of carbonyl (C=O) groups is 1. The minimum absolute atomic E-state index is 0.200. The Labute approximate surface area is 181 Å². The number of rotatable bonds is 8. The van der Waals surface area contributed by atoms with Gasteiger partial charge in [-0.15, -0.1) is 0 Å². The van der Waals surface area contributed by atoms with E-state index in [9.17, 15) is 4.79 Å². The van der Waals surface area contributed by atoms with Crippen molar-refractivity contribution in [1.82, 2.24) is 19.6 Å². The first-order valence-corrected chi connectivity index (χ1v) is 11.0. The summed E-state index contributed by atoms with van der Waals surface area (Å²) >= 11 is 0. The van der Waals surface area contributed by atoms with Crippen molar-refractivity contribution in [3.05, 3.63) is 71.3 Å². The highest BCUT2D eigenvalue weighted by Gasteiger charge is 2.32. The third-order valence-corrected chi connectivity index (χ3v) is 5.84. The van der Waals surface area contributed by atoms with E-state index in [1.165, 1.54) is 11.1 Å². The number of likely N-dealkylation sites (N-methyl/N-ethyl adjacent to an activating group) is 2. The van der Waals surface area contributed by atoms with Gasteiger partial charge in [0.25, 0.3) is 0 Å². The number of benzene rings is 2. The molecular weight excluding hydrogens is 372 g/mol. The van der Waals surface area contributed by atoms with Gasteiger partial charge in [0.15, 0.2) is 0 Å². The van der Waals surface area contributed by atoms with Crippen LogP contribution in [0, 0.1) is 0 Å². The molecule has 0 bridgehead atoms. The molecule has 0 N–H and O–H groups in total. The number of piperazine rings is 1. The van der Waals surface area contributed by atoms with Crippen LogP contribution in [0.5, 0.6) is 0 Å². The van der Waals surface area contributed by atoms with Gasteiger partial charge in [0, 0.05) is 45.8 Å². The normalized spacial score (nSPS) is 16.6. The quantitative estimate of drug-likeness (QED) is 0.672. The summed E-state index contributed by atoms with van der Waals surface area (Å²) in [4.78, 5) is 22.6. The molecule has 1 heterocycles. The van der Waals surface area contributed by atoms with E-state index in [-0.39, 0.29) is 11.9 Å². The smallest absolute Gasteiger partial charge is 0.244 e. The molecule has 1 aliphatic heterocycles. The van der Waals surface area contributed by atoms with Crippen LogP contribution in [0.25, 0.3) is 0 Å². The molecule has 5 nitrogen and oxygen atoms in total. The molecule has 1 saturated heterocycles. The van der Waals surface area contributed by atoms with E-state index in [1.54, 1.807) is 0 Å². The lowest BCUT2D eigenvalue weighted by Gasteiger charge is -2.39. The van der Waals surface area contributed by atoms with Gasteiger partial charge in [-0.05, 0) is 44.8 Å². The predicted octanol–water partition coefficient (Wildman–Crippen LogP) is 3.09. The molecule has 1 aliphatic rings. The van der Waals surface area contributed by atoms with Gasteiger partial charge in [-0.3, -0.25) is 9.69 Å². The number of hydrogen-bond donors (Lipinski definition) is 0. The molecule has 2 aromatic carbocycles. The maximum Gasteiger partial charge on any atom is 0.244 e. The average Bonchev–Trinajstić information content (AvgIpc) is 2.75. The molecule has 0 saturated carbocycles. The second-order valence-corrected chi connectivity index (χ2v) is 8.56. The van der Waals surface area contributed by atoms with Gasteiger partial charge in [0.2, 0.25) is 5.91 Å². The van der Waals surface area contributed by atoms with E-state index in [0.29, 0.717) is 13.1 Å². The number of nitrogens with zero attached hydrogens (tertiary/aromatic N) is 4. The Balaban J connectivity index is 1.77. The molecule has 1 amide bonds. The molecule has 2 aromatic rings. The zero-order chi connectivity index (χ0) is 21.5. The lowest BCUT2D eigenvalue weighted by Crippen LogP contribution is -2.50. The van der Waals surface area contributed by atoms with Gasteiger partial charge in [-0.2, -0.15) is 0 Å². The topological polar surface area (TPSA) is 30.0 Å². The Morgan fingerprint density at radius 1 is 0.900 bits per heavy atom. The van der Waals surface area contributed by atoms with E-state index < -0.39 is 0 Å². The third-order valence-electron chi connectivity index (χ3n) is 5.84. The highest BCUT2D eigenvalue weighted by molar-refractivity contribution is 5.83. The van der Waals surface area contributed by atoms with Crippen LogP contribution in [-0.2, 0) is 17.9 Å². The van der Waals surface area contributed by atoms with Crippen molar-refractivity contribution in [3.8, 4) is 0 Å². The number of amides is 1. The highest BCUT2D eigenvalue weighted by atomic mass is 16.2. The molecule has 1 unspecified atom stereocenters. The Morgan fingerprint density at radius 3 is 2.00 bits per heavy atom. The Kier molecular flexibility index (Phi) is 8.02. The SMILES string of the molecule is CCN(Cc1ccc(CN(C)C)cc1)C(=O)C(c1ccccc1)N1CCN(C)CC1. The zero-order valence-electron chi connectivity index (χ0n) is 18.9. The summed E-state index contributed by atoms with van der Waals surface area (Å²) in [7, 11) is 6.30. The molecule has 0 radical (unpaired) electrons. The van der Waals surface area contributed by atoms with Crippen LogP contribution in [0.1, 0.15) is 29.7 Å². The summed E-state index contributed by atoms with van der Waals surface area (Å²) in [5.41, 5.74) is 3.56. The molecule has 0 aliphatic carbocycles.